The molecule has 0 saturated heterocycles. The van der Waals surface area contributed by atoms with Crippen molar-refractivity contribution in [1.29, 1.82) is 0 Å². The van der Waals surface area contributed by atoms with E-state index in [2.05, 4.69) is 5.32 Å². The first-order valence-corrected chi connectivity index (χ1v) is 6.06. The molecule has 0 amide bonds. The van der Waals surface area contributed by atoms with Gasteiger partial charge in [0.25, 0.3) is 5.69 Å². The molecule has 1 N–H and O–H groups in total. The largest absolute Gasteiger partial charge is 0.382 e. The number of nitrogens with zero attached hydrogens (tertiary/aromatic N) is 1. The number of hydrogen-bond donors (Lipinski definition) is 1. The van der Waals surface area contributed by atoms with Crippen molar-refractivity contribution in [2.24, 2.45) is 0 Å². The van der Waals surface area contributed by atoms with Gasteiger partial charge in [-0.15, -0.1) is 0 Å². The first-order valence-electron chi connectivity index (χ1n) is 6.06. The Morgan fingerprint density at radius 3 is 2.56 bits per heavy atom. The fourth-order valence-corrected chi connectivity index (χ4v) is 2.29. The van der Waals surface area contributed by atoms with Crippen LogP contribution in [0.15, 0.2) is 12.1 Å². The van der Waals surface area contributed by atoms with E-state index in [0.29, 0.717) is 17.7 Å². The van der Waals surface area contributed by atoms with Crippen molar-refractivity contribution in [3.8, 4) is 0 Å². The molecule has 0 spiro atoms. The maximum absolute atomic E-state index is 10.9. The number of nitro groups is 1. The predicted octanol–water partition coefficient (Wildman–Crippen LogP) is 2.80. The van der Waals surface area contributed by atoms with Gasteiger partial charge in [-0.1, -0.05) is 0 Å². The third-order valence-electron chi connectivity index (χ3n) is 3.53. The average Bonchev–Trinajstić information content (AvgIpc) is 2.24. The molecule has 1 aliphatic carbocycles. The van der Waals surface area contributed by atoms with Gasteiger partial charge in [-0.3, -0.25) is 10.1 Å². The SMILES string of the molecule is COC1CC(Nc2cc([N+](=O)[O-])c(C)cc2C)C1. The summed E-state index contributed by atoms with van der Waals surface area (Å²) in [5.74, 6) is 0. The van der Waals surface area contributed by atoms with E-state index in [4.69, 9.17) is 4.74 Å². The molecule has 0 aromatic heterocycles. The summed E-state index contributed by atoms with van der Waals surface area (Å²) < 4.78 is 5.22. The van der Waals surface area contributed by atoms with E-state index in [1.165, 1.54) is 0 Å². The fourth-order valence-electron chi connectivity index (χ4n) is 2.29. The van der Waals surface area contributed by atoms with Gasteiger partial charge in [0.2, 0.25) is 0 Å². The molecule has 1 aromatic rings. The first-order chi connectivity index (χ1) is 8.51. The number of ether oxygens (including phenoxy) is 1. The van der Waals surface area contributed by atoms with Crippen LogP contribution in [0.3, 0.4) is 0 Å². The van der Waals surface area contributed by atoms with Crippen LogP contribution in [-0.4, -0.2) is 24.2 Å². The van der Waals surface area contributed by atoms with Crippen molar-refractivity contribution in [1.82, 2.24) is 0 Å². The topological polar surface area (TPSA) is 64.4 Å². The van der Waals surface area contributed by atoms with Crippen LogP contribution in [-0.2, 0) is 4.74 Å². The Morgan fingerprint density at radius 2 is 2.00 bits per heavy atom. The van der Waals surface area contributed by atoms with Crippen LogP contribution in [0.1, 0.15) is 24.0 Å². The molecule has 1 saturated carbocycles. The third-order valence-corrected chi connectivity index (χ3v) is 3.53. The quantitative estimate of drug-likeness (QED) is 0.659. The highest BCUT2D eigenvalue weighted by Gasteiger charge is 2.29. The Bertz CT molecular complexity index is 468. The Kier molecular flexibility index (Phi) is 3.52. The van der Waals surface area contributed by atoms with Crippen LogP contribution in [0.4, 0.5) is 11.4 Å². The number of rotatable bonds is 4. The Hall–Kier alpha value is -1.62. The van der Waals surface area contributed by atoms with E-state index >= 15 is 0 Å². The summed E-state index contributed by atoms with van der Waals surface area (Å²) in [5.41, 5.74) is 2.77. The van der Waals surface area contributed by atoms with Crippen molar-refractivity contribution < 1.29 is 9.66 Å². The summed E-state index contributed by atoms with van der Waals surface area (Å²) in [6.45, 7) is 3.73. The molecule has 1 fully saturated rings. The van der Waals surface area contributed by atoms with Crippen LogP contribution >= 0.6 is 0 Å². The van der Waals surface area contributed by atoms with E-state index in [0.717, 1.165) is 24.1 Å². The lowest BCUT2D eigenvalue weighted by Gasteiger charge is -2.35. The summed E-state index contributed by atoms with van der Waals surface area (Å²) in [4.78, 5) is 10.6. The average molecular weight is 250 g/mol. The highest BCUT2D eigenvalue weighted by molar-refractivity contribution is 5.60. The number of hydrogen-bond acceptors (Lipinski definition) is 4. The molecule has 0 bridgehead atoms. The van der Waals surface area contributed by atoms with Gasteiger partial charge in [0.05, 0.1) is 11.0 Å². The molecule has 2 rings (SSSR count). The van der Waals surface area contributed by atoms with Gasteiger partial charge in [0, 0.05) is 30.5 Å². The Labute approximate surface area is 106 Å². The zero-order valence-electron chi connectivity index (χ0n) is 10.9. The van der Waals surface area contributed by atoms with Crippen molar-refractivity contribution in [3.05, 3.63) is 33.4 Å². The number of aryl methyl sites for hydroxylation is 2. The van der Waals surface area contributed by atoms with Crippen molar-refractivity contribution in [2.75, 3.05) is 12.4 Å². The van der Waals surface area contributed by atoms with Gasteiger partial charge in [-0.2, -0.15) is 0 Å². The summed E-state index contributed by atoms with van der Waals surface area (Å²) >= 11 is 0. The molecule has 0 heterocycles. The van der Waals surface area contributed by atoms with Gasteiger partial charge in [0.1, 0.15) is 0 Å². The minimum absolute atomic E-state index is 0.172. The molecule has 5 heteroatoms. The van der Waals surface area contributed by atoms with E-state index in [9.17, 15) is 10.1 Å². The lowest BCUT2D eigenvalue weighted by molar-refractivity contribution is -0.385. The highest BCUT2D eigenvalue weighted by Crippen LogP contribution is 2.31. The fraction of sp³-hybridized carbons (Fsp3) is 0.538. The van der Waals surface area contributed by atoms with Crippen LogP contribution < -0.4 is 5.32 Å². The van der Waals surface area contributed by atoms with Gasteiger partial charge < -0.3 is 10.1 Å². The van der Waals surface area contributed by atoms with Crippen molar-refractivity contribution in [3.63, 3.8) is 0 Å². The Morgan fingerprint density at radius 1 is 1.33 bits per heavy atom. The second-order valence-electron chi connectivity index (χ2n) is 4.88. The number of nitrogens with one attached hydrogen (secondary N) is 1. The van der Waals surface area contributed by atoms with E-state index in [-0.39, 0.29) is 10.6 Å². The molecule has 1 aliphatic rings. The summed E-state index contributed by atoms with van der Waals surface area (Å²) in [7, 11) is 1.71. The van der Waals surface area contributed by atoms with E-state index in [1.54, 1.807) is 20.1 Å². The standard InChI is InChI=1S/C13H18N2O3/c1-8-4-9(2)13(15(16)17)7-12(8)14-10-5-11(6-10)18-3/h4,7,10-11,14H,5-6H2,1-3H3. The zero-order valence-corrected chi connectivity index (χ0v) is 10.9. The minimum Gasteiger partial charge on any atom is -0.382 e. The predicted molar refractivity (Wildman–Crippen MR) is 70.0 cm³/mol. The highest BCUT2D eigenvalue weighted by atomic mass is 16.6. The van der Waals surface area contributed by atoms with Crippen molar-refractivity contribution in [2.45, 2.75) is 38.8 Å². The normalized spacial score (nSPS) is 22.4. The molecule has 5 nitrogen and oxygen atoms in total. The lowest BCUT2D eigenvalue weighted by atomic mass is 9.89. The van der Waals surface area contributed by atoms with Crippen LogP contribution in [0, 0.1) is 24.0 Å². The summed E-state index contributed by atoms with van der Waals surface area (Å²) in [5, 5.41) is 14.3. The number of nitro benzene ring substituents is 1. The van der Waals surface area contributed by atoms with Gasteiger partial charge in [-0.05, 0) is 38.3 Å². The number of benzene rings is 1. The molecular formula is C13H18N2O3. The summed E-state index contributed by atoms with van der Waals surface area (Å²) in [6, 6.07) is 3.84. The number of anilines is 1. The lowest BCUT2D eigenvalue weighted by Crippen LogP contribution is -2.40. The molecule has 0 radical (unpaired) electrons. The second kappa shape index (κ2) is 4.94. The zero-order chi connectivity index (χ0) is 13.3. The maximum atomic E-state index is 10.9. The van der Waals surface area contributed by atoms with Crippen LogP contribution in [0.2, 0.25) is 0 Å². The molecule has 0 unspecified atom stereocenters. The molecule has 0 atom stereocenters. The molecule has 1 aromatic carbocycles. The van der Waals surface area contributed by atoms with Crippen LogP contribution in [0.25, 0.3) is 0 Å². The molecular weight excluding hydrogens is 232 g/mol. The van der Waals surface area contributed by atoms with Crippen LogP contribution in [0.5, 0.6) is 0 Å². The van der Waals surface area contributed by atoms with E-state index < -0.39 is 0 Å². The number of methoxy groups -OCH3 is 1. The van der Waals surface area contributed by atoms with Gasteiger partial charge in [0.15, 0.2) is 0 Å². The van der Waals surface area contributed by atoms with Gasteiger partial charge in [-0.25, -0.2) is 0 Å². The molecule has 18 heavy (non-hydrogen) atoms. The molecule has 0 aliphatic heterocycles. The maximum Gasteiger partial charge on any atom is 0.274 e. The Balaban J connectivity index is 2.13. The van der Waals surface area contributed by atoms with E-state index in [1.807, 2.05) is 13.0 Å². The first kappa shape index (κ1) is 12.8. The monoisotopic (exact) mass is 250 g/mol. The van der Waals surface area contributed by atoms with Gasteiger partial charge >= 0.3 is 0 Å². The summed E-state index contributed by atoms with van der Waals surface area (Å²) in [6.07, 6.45) is 2.23. The second-order valence-corrected chi connectivity index (χ2v) is 4.88. The van der Waals surface area contributed by atoms with Crippen molar-refractivity contribution >= 4 is 11.4 Å². The smallest absolute Gasteiger partial charge is 0.274 e. The third kappa shape index (κ3) is 2.46. The molecule has 98 valence electrons. The minimum atomic E-state index is -0.335.